The van der Waals surface area contributed by atoms with Gasteiger partial charge in [-0.25, -0.2) is 13.8 Å². The largest absolute Gasteiger partial charge is 0.480 e. The van der Waals surface area contributed by atoms with Crippen molar-refractivity contribution in [3.63, 3.8) is 0 Å². The lowest BCUT2D eigenvalue weighted by molar-refractivity contribution is -0.143. The smallest absolute Gasteiger partial charge is 0.325 e. The lowest BCUT2D eigenvalue weighted by Crippen LogP contribution is -2.35. The van der Waals surface area contributed by atoms with Crippen LogP contribution in [0.1, 0.15) is 55.0 Å². The lowest BCUT2D eigenvalue weighted by Gasteiger charge is -2.27. The number of alkyl halides is 2. The van der Waals surface area contributed by atoms with E-state index < -0.39 is 23.9 Å². The van der Waals surface area contributed by atoms with E-state index >= 15 is 0 Å². The van der Waals surface area contributed by atoms with Crippen molar-refractivity contribution in [3.8, 4) is 0 Å². The van der Waals surface area contributed by atoms with Gasteiger partial charge < -0.3 is 10.4 Å². The van der Waals surface area contributed by atoms with Crippen LogP contribution in [-0.2, 0) is 17.6 Å². The maximum atomic E-state index is 14.9. The summed E-state index contributed by atoms with van der Waals surface area (Å²) in [6.45, 7) is 1.41. The molecule has 2 N–H and O–H groups in total. The van der Waals surface area contributed by atoms with E-state index in [0.717, 1.165) is 30.9 Å². The fraction of sp³-hybridized carbons (Fsp3) is 0.520. The molecule has 1 aromatic heterocycles. The molecule has 0 saturated carbocycles. The standard InChI is InChI=1S/C25H31F2N3O2/c26-25(27,14-5-4-10-21-12-11-19-9-6-15-28-23(19)29-21)20-13-16-30(17-20)22(24(31)32)18-7-2-1-3-8-18/h1-3,7-8,11-12,20,22H,4-6,9-10,13-17H2,(H,28,29)(H,31,32)/t20?,22-/m0/s1. The van der Waals surface area contributed by atoms with Crippen molar-refractivity contribution in [1.29, 1.82) is 0 Å². The van der Waals surface area contributed by atoms with Crippen LogP contribution < -0.4 is 5.32 Å². The van der Waals surface area contributed by atoms with Crippen molar-refractivity contribution < 1.29 is 18.7 Å². The van der Waals surface area contributed by atoms with E-state index in [1.165, 1.54) is 5.56 Å². The van der Waals surface area contributed by atoms with Crippen LogP contribution in [0, 0.1) is 5.92 Å². The molecule has 0 bridgehead atoms. The summed E-state index contributed by atoms with van der Waals surface area (Å²) in [5, 5.41) is 13.0. The number of likely N-dealkylation sites (tertiary alicyclic amines) is 1. The molecular formula is C25H31F2N3O2. The third-order valence-electron chi connectivity index (χ3n) is 6.68. The van der Waals surface area contributed by atoms with Gasteiger partial charge in [-0.1, -0.05) is 36.4 Å². The van der Waals surface area contributed by atoms with E-state index in [2.05, 4.69) is 16.4 Å². The monoisotopic (exact) mass is 443 g/mol. The van der Waals surface area contributed by atoms with Crippen LogP contribution in [0.4, 0.5) is 14.6 Å². The van der Waals surface area contributed by atoms with Gasteiger partial charge in [-0.05, 0) is 62.3 Å². The van der Waals surface area contributed by atoms with Crippen molar-refractivity contribution in [2.24, 2.45) is 5.92 Å². The summed E-state index contributed by atoms with van der Waals surface area (Å²) in [6.07, 6.45) is 4.08. The van der Waals surface area contributed by atoms with Gasteiger partial charge in [0.2, 0.25) is 0 Å². The molecule has 2 aliphatic rings. The molecule has 1 saturated heterocycles. The molecule has 0 aliphatic carbocycles. The Kier molecular flexibility index (Phi) is 7.04. The zero-order valence-electron chi connectivity index (χ0n) is 18.3. The van der Waals surface area contributed by atoms with Crippen molar-refractivity contribution in [2.45, 2.75) is 56.9 Å². The second-order valence-corrected chi connectivity index (χ2v) is 8.94. The number of benzene rings is 1. The number of anilines is 1. The maximum absolute atomic E-state index is 14.9. The topological polar surface area (TPSA) is 65.5 Å². The maximum Gasteiger partial charge on any atom is 0.325 e. The Balaban J connectivity index is 1.28. The molecule has 2 aliphatic heterocycles. The highest BCUT2D eigenvalue weighted by molar-refractivity contribution is 5.75. The second-order valence-electron chi connectivity index (χ2n) is 8.94. The summed E-state index contributed by atoms with van der Waals surface area (Å²) in [4.78, 5) is 18.2. The Labute approximate surface area is 187 Å². The molecule has 172 valence electrons. The van der Waals surface area contributed by atoms with Gasteiger partial charge in [-0.2, -0.15) is 0 Å². The molecule has 2 aromatic rings. The Bertz CT molecular complexity index is 923. The summed E-state index contributed by atoms with van der Waals surface area (Å²) in [7, 11) is 0. The molecule has 0 amide bonds. The minimum absolute atomic E-state index is 0.108. The average molecular weight is 444 g/mol. The van der Waals surface area contributed by atoms with E-state index in [9.17, 15) is 18.7 Å². The van der Waals surface area contributed by atoms with E-state index in [4.69, 9.17) is 0 Å². The summed E-state index contributed by atoms with van der Waals surface area (Å²) in [6, 6.07) is 12.1. The number of nitrogens with one attached hydrogen (secondary N) is 1. The third-order valence-corrected chi connectivity index (χ3v) is 6.68. The van der Waals surface area contributed by atoms with Gasteiger partial charge in [0.05, 0.1) is 0 Å². The van der Waals surface area contributed by atoms with E-state index in [-0.39, 0.29) is 13.0 Å². The Morgan fingerprint density at radius 3 is 2.81 bits per heavy atom. The average Bonchev–Trinajstić information content (AvgIpc) is 3.28. The number of carbonyl (C=O) groups is 1. The van der Waals surface area contributed by atoms with Crippen LogP contribution in [0.5, 0.6) is 0 Å². The van der Waals surface area contributed by atoms with E-state index in [0.29, 0.717) is 37.8 Å². The zero-order chi connectivity index (χ0) is 22.6. The summed E-state index contributed by atoms with van der Waals surface area (Å²) in [5.41, 5.74) is 2.81. The summed E-state index contributed by atoms with van der Waals surface area (Å²) < 4.78 is 29.8. The minimum atomic E-state index is -2.79. The van der Waals surface area contributed by atoms with E-state index in [1.54, 1.807) is 29.2 Å². The SMILES string of the molecule is O=C(O)[C@H](c1ccccc1)N1CCC(C(F)(F)CCCCc2ccc3c(n2)NCCC3)C1. The first kappa shape index (κ1) is 22.6. The van der Waals surface area contributed by atoms with Crippen LogP contribution in [0.15, 0.2) is 42.5 Å². The van der Waals surface area contributed by atoms with Gasteiger partial charge in [-0.15, -0.1) is 0 Å². The van der Waals surface area contributed by atoms with Gasteiger partial charge in [0.15, 0.2) is 0 Å². The number of nitrogens with zero attached hydrogens (tertiary/aromatic N) is 2. The van der Waals surface area contributed by atoms with Crippen LogP contribution in [0.2, 0.25) is 0 Å². The van der Waals surface area contributed by atoms with Crippen molar-refractivity contribution in [1.82, 2.24) is 9.88 Å². The number of fused-ring (bicyclic) bond motifs is 1. The highest BCUT2D eigenvalue weighted by atomic mass is 19.3. The summed E-state index contributed by atoms with van der Waals surface area (Å²) in [5.74, 6) is -3.65. The van der Waals surface area contributed by atoms with Crippen LogP contribution in [-0.4, -0.2) is 46.5 Å². The van der Waals surface area contributed by atoms with Gasteiger partial charge in [-0.3, -0.25) is 9.69 Å². The van der Waals surface area contributed by atoms with Crippen LogP contribution in [0.3, 0.4) is 0 Å². The number of aliphatic carboxylic acids is 1. The molecule has 0 radical (unpaired) electrons. The molecule has 3 heterocycles. The molecule has 0 spiro atoms. The Morgan fingerprint density at radius 2 is 2.03 bits per heavy atom. The van der Waals surface area contributed by atoms with Crippen molar-refractivity contribution >= 4 is 11.8 Å². The first-order valence-corrected chi connectivity index (χ1v) is 11.6. The van der Waals surface area contributed by atoms with Gasteiger partial charge in [0.25, 0.3) is 5.92 Å². The second kappa shape index (κ2) is 9.94. The number of aryl methyl sites for hydroxylation is 2. The summed E-state index contributed by atoms with van der Waals surface area (Å²) >= 11 is 0. The predicted octanol–water partition coefficient (Wildman–Crippen LogP) is 4.94. The van der Waals surface area contributed by atoms with Crippen molar-refractivity contribution in [3.05, 3.63) is 59.3 Å². The van der Waals surface area contributed by atoms with E-state index in [1.807, 2.05) is 12.1 Å². The molecule has 1 aromatic carbocycles. The molecule has 5 nitrogen and oxygen atoms in total. The molecule has 2 atom stereocenters. The fourth-order valence-corrected chi connectivity index (χ4v) is 4.89. The Morgan fingerprint density at radius 1 is 1.22 bits per heavy atom. The number of carboxylic acid groups (broad SMARTS) is 1. The molecule has 4 rings (SSSR count). The lowest BCUT2D eigenvalue weighted by atomic mass is 9.95. The normalized spacial score (nSPS) is 19.9. The first-order chi connectivity index (χ1) is 15.4. The predicted molar refractivity (Wildman–Crippen MR) is 120 cm³/mol. The molecule has 7 heteroatoms. The number of aromatic nitrogens is 1. The third kappa shape index (κ3) is 5.26. The fourth-order valence-electron chi connectivity index (χ4n) is 4.89. The van der Waals surface area contributed by atoms with Crippen molar-refractivity contribution in [2.75, 3.05) is 25.0 Å². The van der Waals surface area contributed by atoms with Gasteiger partial charge >= 0.3 is 5.97 Å². The molecule has 1 fully saturated rings. The van der Waals surface area contributed by atoms with Crippen LogP contribution in [0.25, 0.3) is 0 Å². The Hall–Kier alpha value is -2.54. The van der Waals surface area contributed by atoms with Gasteiger partial charge in [0, 0.05) is 31.1 Å². The number of unbranched alkanes of at least 4 members (excludes halogenated alkanes) is 1. The quantitative estimate of drug-likeness (QED) is 0.538. The number of pyridine rings is 1. The first-order valence-electron chi connectivity index (χ1n) is 11.6. The number of halogens is 2. The minimum Gasteiger partial charge on any atom is -0.480 e. The number of carboxylic acids is 1. The molecular weight excluding hydrogens is 412 g/mol. The molecule has 1 unspecified atom stereocenters. The number of rotatable bonds is 9. The highest BCUT2D eigenvalue weighted by Gasteiger charge is 2.45. The van der Waals surface area contributed by atoms with Gasteiger partial charge in [0.1, 0.15) is 11.9 Å². The molecule has 32 heavy (non-hydrogen) atoms. The van der Waals surface area contributed by atoms with Crippen LogP contribution >= 0.6 is 0 Å². The zero-order valence-corrected chi connectivity index (χ0v) is 18.3. The highest BCUT2D eigenvalue weighted by Crippen LogP contribution is 2.39. The number of hydrogen-bond acceptors (Lipinski definition) is 4. The number of hydrogen-bond donors (Lipinski definition) is 2.